The van der Waals surface area contributed by atoms with Crippen molar-refractivity contribution in [1.82, 2.24) is 20.1 Å². The van der Waals surface area contributed by atoms with Gasteiger partial charge in [-0.15, -0.1) is 0 Å². The zero-order valence-corrected chi connectivity index (χ0v) is 19.6. The number of piperazine rings is 1. The highest BCUT2D eigenvalue weighted by Crippen LogP contribution is 2.21. The Morgan fingerprint density at radius 3 is 2.58 bits per heavy atom. The quantitative estimate of drug-likeness (QED) is 0.702. The van der Waals surface area contributed by atoms with Crippen LogP contribution in [0.2, 0.25) is 0 Å². The summed E-state index contributed by atoms with van der Waals surface area (Å²) < 4.78 is 14.0. The van der Waals surface area contributed by atoms with E-state index in [-0.39, 0.29) is 23.5 Å². The number of para-hydroxylation sites is 1. The minimum atomic E-state index is -0.181. The third kappa shape index (κ3) is 5.55. The molecule has 1 atom stereocenters. The second-order valence-electron chi connectivity index (χ2n) is 9.17. The molecule has 7 nitrogen and oxygen atoms in total. The zero-order chi connectivity index (χ0) is 23.4. The van der Waals surface area contributed by atoms with Crippen LogP contribution in [0.15, 0.2) is 30.3 Å². The summed E-state index contributed by atoms with van der Waals surface area (Å²) in [5, 5.41) is 3.07. The molecule has 0 unspecified atom stereocenters. The average molecular weight is 456 g/mol. The number of aryl methyl sites for hydroxylation is 2. The number of halogens is 1. The Labute approximate surface area is 194 Å². The van der Waals surface area contributed by atoms with Crippen LogP contribution in [0, 0.1) is 25.6 Å². The van der Waals surface area contributed by atoms with Gasteiger partial charge in [0.2, 0.25) is 5.91 Å². The van der Waals surface area contributed by atoms with Crippen LogP contribution in [0.3, 0.4) is 0 Å². The minimum Gasteiger partial charge on any atom is -0.367 e. The summed E-state index contributed by atoms with van der Waals surface area (Å²) in [6, 6.07) is 8.86. The summed E-state index contributed by atoms with van der Waals surface area (Å²) in [5.74, 6) is -0.348. The highest BCUT2D eigenvalue weighted by atomic mass is 19.1. The molecule has 8 heteroatoms. The number of anilines is 1. The van der Waals surface area contributed by atoms with Gasteiger partial charge in [-0.05, 0) is 50.5 Å². The smallest absolute Gasteiger partial charge is 0.270 e. The third-order valence-corrected chi connectivity index (χ3v) is 6.74. The summed E-state index contributed by atoms with van der Waals surface area (Å²) in [6.07, 6.45) is 1.64. The molecule has 33 heavy (non-hydrogen) atoms. The third-order valence-electron chi connectivity index (χ3n) is 6.74. The number of carbonyl (C=O) groups is 2. The summed E-state index contributed by atoms with van der Waals surface area (Å²) in [4.78, 5) is 35.0. The number of rotatable bonds is 6. The first-order valence-electron chi connectivity index (χ1n) is 11.9. The number of piperidine rings is 1. The van der Waals surface area contributed by atoms with Crippen LogP contribution in [-0.4, -0.2) is 79.0 Å². The van der Waals surface area contributed by atoms with E-state index in [0.717, 1.165) is 56.8 Å². The monoisotopic (exact) mass is 455 g/mol. The number of amides is 2. The molecule has 2 aliphatic heterocycles. The lowest BCUT2D eigenvalue weighted by Gasteiger charge is -2.36. The topological polar surface area (TPSA) is 71.7 Å². The van der Waals surface area contributed by atoms with Crippen LogP contribution in [0.25, 0.3) is 0 Å². The molecule has 1 aromatic heterocycles. The Morgan fingerprint density at radius 1 is 1.12 bits per heavy atom. The molecular formula is C25H34FN5O2. The van der Waals surface area contributed by atoms with Gasteiger partial charge in [0.05, 0.1) is 11.6 Å². The molecule has 0 radical (unpaired) electrons. The molecule has 2 amide bonds. The second-order valence-corrected chi connectivity index (χ2v) is 9.17. The Morgan fingerprint density at radius 2 is 1.88 bits per heavy atom. The Bertz CT molecular complexity index is 983. The second kappa shape index (κ2) is 10.4. The molecule has 0 spiro atoms. The van der Waals surface area contributed by atoms with E-state index >= 15 is 0 Å². The Balaban J connectivity index is 1.20. The van der Waals surface area contributed by atoms with Crippen LogP contribution < -0.4 is 10.2 Å². The molecule has 4 rings (SSSR count). The standard InChI is InChI=1S/C25H34FN5O2/c1-18-16-19(2)28-23(18)25(33)31-10-5-6-20(17-31)24(32)27-9-11-29-12-14-30(15-13-29)22-8-4-3-7-21(22)26/h3-4,7-8,16,20,28H,5-6,9-15,17H2,1-2H3,(H,27,32)/t20-/m0/s1. The van der Waals surface area contributed by atoms with Crippen molar-refractivity contribution in [3.8, 4) is 0 Å². The minimum absolute atomic E-state index is 0.0224. The van der Waals surface area contributed by atoms with Crippen molar-refractivity contribution in [1.29, 1.82) is 0 Å². The summed E-state index contributed by atoms with van der Waals surface area (Å²) in [6.45, 7) is 9.59. The van der Waals surface area contributed by atoms with Gasteiger partial charge in [-0.3, -0.25) is 14.5 Å². The molecule has 2 fully saturated rings. The number of likely N-dealkylation sites (tertiary alicyclic amines) is 1. The van der Waals surface area contributed by atoms with Crippen LogP contribution >= 0.6 is 0 Å². The fourth-order valence-electron chi connectivity index (χ4n) is 4.89. The lowest BCUT2D eigenvalue weighted by molar-refractivity contribution is -0.126. The van der Waals surface area contributed by atoms with Crippen molar-refractivity contribution < 1.29 is 14.0 Å². The number of carbonyl (C=O) groups excluding carboxylic acids is 2. The summed E-state index contributed by atoms with van der Waals surface area (Å²) >= 11 is 0. The number of aromatic amines is 1. The van der Waals surface area contributed by atoms with E-state index in [0.29, 0.717) is 31.0 Å². The predicted octanol–water partition coefficient (Wildman–Crippen LogP) is 2.56. The van der Waals surface area contributed by atoms with E-state index in [1.54, 1.807) is 11.0 Å². The largest absolute Gasteiger partial charge is 0.367 e. The maximum atomic E-state index is 14.0. The van der Waals surface area contributed by atoms with Crippen molar-refractivity contribution >= 4 is 17.5 Å². The molecule has 2 aliphatic rings. The van der Waals surface area contributed by atoms with Gasteiger partial charge < -0.3 is 20.1 Å². The number of hydrogen-bond acceptors (Lipinski definition) is 4. The number of H-pyrrole nitrogens is 1. The van der Waals surface area contributed by atoms with E-state index in [2.05, 4.69) is 20.1 Å². The van der Waals surface area contributed by atoms with Crippen LogP contribution in [0.1, 0.15) is 34.6 Å². The molecule has 3 heterocycles. The predicted molar refractivity (Wildman–Crippen MR) is 127 cm³/mol. The van der Waals surface area contributed by atoms with Gasteiger partial charge in [0.1, 0.15) is 11.5 Å². The van der Waals surface area contributed by atoms with E-state index < -0.39 is 0 Å². The molecule has 2 saturated heterocycles. The van der Waals surface area contributed by atoms with Crippen molar-refractivity contribution in [3.05, 3.63) is 53.1 Å². The van der Waals surface area contributed by atoms with Gasteiger partial charge >= 0.3 is 0 Å². The maximum absolute atomic E-state index is 14.0. The van der Waals surface area contributed by atoms with Gasteiger partial charge in [-0.25, -0.2) is 4.39 Å². The maximum Gasteiger partial charge on any atom is 0.270 e. The number of benzene rings is 1. The van der Waals surface area contributed by atoms with Crippen molar-refractivity contribution in [3.63, 3.8) is 0 Å². The van der Waals surface area contributed by atoms with Gasteiger partial charge in [0.15, 0.2) is 0 Å². The number of hydrogen-bond donors (Lipinski definition) is 2. The molecule has 0 bridgehead atoms. The molecule has 1 aromatic carbocycles. The van der Waals surface area contributed by atoms with Crippen molar-refractivity contribution in [2.45, 2.75) is 26.7 Å². The molecule has 2 aromatic rings. The summed E-state index contributed by atoms with van der Waals surface area (Å²) in [7, 11) is 0. The average Bonchev–Trinajstić information content (AvgIpc) is 3.17. The van der Waals surface area contributed by atoms with E-state index in [1.807, 2.05) is 32.0 Å². The van der Waals surface area contributed by atoms with Crippen LogP contribution in [0.4, 0.5) is 10.1 Å². The van der Waals surface area contributed by atoms with Gasteiger partial charge in [-0.1, -0.05) is 12.1 Å². The molecule has 178 valence electrons. The first kappa shape index (κ1) is 23.3. The highest BCUT2D eigenvalue weighted by molar-refractivity contribution is 5.94. The van der Waals surface area contributed by atoms with E-state index in [9.17, 15) is 14.0 Å². The van der Waals surface area contributed by atoms with E-state index in [1.165, 1.54) is 6.07 Å². The number of nitrogens with one attached hydrogen (secondary N) is 2. The van der Waals surface area contributed by atoms with Crippen molar-refractivity contribution in [2.24, 2.45) is 5.92 Å². The summed E-state index contributed by atoms with van der Waals surface area (Å²) in [5.41, 5.74) is 3.20. The van der Waals surface area contributed by atoms with Crippen LogP contribution in [0.5, 0.6) is 0 Å². The fourth-order valence-corrected chi connectivity index (χ4v) is 4.89. The zero-order valence-electron chi connectivity index (χ0n) is 19.6. The molecule has 0 aliphatic carbocycles. The highest BCUT2D eigenvalue weighted by Gasteiger charge is 2.30. The lowest BCUT2D eigenvalue weighted by Crippen LogP contribution is -2.50. The first-order valence-corrected chi connectivity index (χ1v) is 11.9. The Hall–Kier alpha value is -2.87. The first-order chi connectivity index (χ1) is 15.9. The Kier molecular flexibility index (Phi) is 7.33. The van der Waals surface area contributed by atoms with Crippen molar-refractivity contribution in [2.75, 3.05) is 57.3 Å². The van der Waals surface area contributed by atoms with E-state index in [4.69, 9.17) is 0 Å². The molecule has 0 saturated carbocycles. The van der Waals surface area contributed by atoms with Gasteiger partial charge in [-0.2, -0.15) is 0 Å². The lowest BCUT2D eigenvalue weighted by atomic mass is 9.96. The van der Waals surface area contributed by atoms with Gasteiger partial charge in [0, 0.05) is 58.1 Å². The molecule has 2 N–H and O–H groups in total. The normalized spacial score (nSPS) is 19.5. The fraction of sp³-hybridized carbons (Fsp3) is 0.520. The number of aromatic nitrogens is 1. The van der Waals surface area contributed by atoms with Gasteiger partial charge in [0.25, 0.3) is 5.91 Å². The SMILES string of the molecule is Cc1cc(C)c(C(=O)N2CCC[C@H](C(=O)NCCN3CCN(c4ccccc4F)CC3)C2)[nH]1. The number of nitrogens with zero attached hydrogens (tertiary/aromatic N) is 3. The molecular weight excluding hydrogens is 421 g/mol. The van der Waals surface area contributed by atoms with Crippen LogP contribution in [-0.2, 0) is 4.79 Å².